The maximum absolute atomic E-state index is 12.8. The summed E-state index contributed by atoms with van der Waals surface area (Å²) in [5.41, 5.74) is -0.159. The van der Waals surface area contributed by atoms with Gasteiger partial charge in [0.15, 0.2) is 0 Å². The molecule has 3 fully saturated rings. The minimum atomic E-state index is -0.551. The fourth-order valence-electron chi connectivity index (χ4n) is 4.29. The summed E-state index contributed by atoms with van der Waals surface area (Å²) in [6.07, 6.45) is 5.00. The first-order valence-corrected chi connectivity index (χ1v) is 11.3. The van der Waals surface area contributed by atoms with Crippen LogP contribution in [0.1, 0.15) is 59.8 Å². The molecule has 3 atom stereocenters. The smallest absolute Gasteiger partial charge is 0.348 e. The van der Waals surface area contributed by atoms with Gasteiger partial charge in [-0.15, -0.1) is 0 Å². The zero-order valence-corrected chi connectivity index (χ0v) is 19.1. The number of alkyl halides is 1. The normalized spacial score (nSPS) is 28.8. The highest BCUT2D eigenvalue weighted by Crippen LogP contribution is 2.39. The van der Waals surface area contributed by atoms with Gasteiger partial charge in [0.2, 0.25) is 0 Å². The number of rotatable bonds is 2. The highest BCUT2D eigenvalue weighted by atomic mass is 35.5. The van der Waals surface area contributed by atoms with Gasteiger partial charge in [0.05, 0.1) is 0 Å². The Morgan fingerprint density at radius 2 is 2.03 bits per heavy atom. The largest absolute Gasteiger partial charge is 0.354 e. The Hall–Kier alpha value is -1.18. The molecule has 2 N–H and O–H groups in total. The average Bonchev–Trinajstić information content (AvgIpc) is 3.15. The first-order valence-electron chi connectivity index (χ1n) is 11.0. The maximum atomic E-state index is 12.8. The summed E-state index contributed by atoms with van der Waals surface area (Å²) < 4.78 is 12.8. The number of nitrogens with zero attached hydrogens (tertiary/aromatic N) is 3. The number of anilines is 1. The molecule has 166 valence electrons. The van der Waals surface area contributed by atoms with E-state index in [-0.39, 0.29) is 5.54 Å². The highest BCUT2D eigenvalue weighted by Gasteiger charge is 2.44. The van der Waals surface area contributed by atoms with Crippen molar-refractivity contribution < 1.29 is 4.39 Å². The molecule has 0 amide bonds. The van der Waals surface area contributed by atoms with E-state index in [9.17, 15) is 9.18 Å². The number of hydrogen-bond donors (Lipinski definition) is 2. The number of piperazine rings is 1. The molecule has 2 unspecified atom stereocenters. The molecule has 0 saturated carbocycles. The third kappa shape index (κ3) is 6.93. The standard InChI is InChI=1S/C10H15ClN4O.C8H14FN.C3H8/c1-2-7-6-15(4-3-12-7)9-5-8(11)13-10(16)14-9;1-8-3-2-4-10(8)6-7(9)5-8;1-3-2/h5,7,12H,2-4,6H2,1H3,(H,13,14,16);7H,2-6H2,1H3;3H2,1-2H3/t;7?,8-;/m.0./s1. The number of aromatic amines is 1. The molecular weight excluding hydrogens is 393 g/mol. The third-order valence-electron chi connectivity index (χ3n) is 5.76. The molecular formula is C21H37ClFN5O. The van der Waals surface area contributed by atoms with Gasteiger partial charge in [-0.2, -0.15) is 4.98 Å². The van der Waals surface area contributed by atoms with E-state index in [0.29, 0.717) is 23.6 Å². The Bertz CT molecular complexity index is 687. The SMILES string of the molecule is CCC.CCC1CN(c2cc(Cl)[nH]c(=O)n2)CCN1.C[C@@]12CCCN1CC(F)C2. The lowest BCUT2D eigenvalue weighted by molar-refractivity contribution is 0.217. The molecule has 3 aliphatic heterocycles. The summed E-state index contributed by atoms with van der Waals surface area (Å²) in [5.74, 6) is 0.661. The molecule has 8 heteroatoms. The summed E-state index contributed by atoms with van der Waals surface area (Å²) in [4.78, 5) is 22.0. The van der Waals surface area contributed by atoms with Crippen LogP contribution in [0, 0.1) is 0 Å². The second-order valence-electron chi connectivity index (χ2n) is 8.45. The molecule has 1 aromatic rings. The monoisotopic (exact) mass is 429 g/mol. The quantitative estimate of drug-likeness (QED) is 0.703. The van der Waals surface area contributed by atoms with Gasteiger partial charge in [-0.3, -0.25) is 9.88 Å². The Morgan fingerprint density at radius 3 is 2.66 bits per heavy atom. The topological polar surface area (TPSA) is 64.3 Å². The van der Waals surface area contributed by atoms with Crippen molar-refractivity contribution in [2.45, 2.75) is 77.6 Å². The van der Waals surface area contributed by atoms with Crippen LogP contribution < -0.4 is 15.9 Å². The summed E-state index contributed by atoms with van der Waals surface area (Å²) in [6, 6.07) is 2.15. The van der Waals surface area contributed by atoms with E-state index < -0.39 is 11.9 Å². The third-order valence-corrected chi connectivity index (χ3v) is 5.96. The summed E-state index contributed by atoms with van der Waals surface area (Å²) in [6.45, 7) is 13.0. The average molecular weight is 430 g/mol. The minimum absolute atomic E-state index is 0.236. The lowest BCUT2D eigenvalue weighted by Crippen LogP contribution is -2.51. The first kappa shape index (κ1) is 24.1. The van der Waals surface area contributed by atoms with Crippen LogP contribution in [-0.2, 0) is 0 Å². The van der Waals surface area contributed by atoms with Crippen LogP contribution in [0.15, 0.2) is 10.9 Å². The molecule has 0 aromatic carbocycles. The zero-order valence-electron chi connectivity index (χ0n) is 18.3. The number of H-pyrrole nitrogens is 1. The molecule has 0 aliphatic carbocycles. The summed E-state index contributed by atoms with van der Waals surface area (Å²) in [5, 5.41) is 3.74. The lowest BCUT2D eigenvalue weighted by Gasteiger charge is -2.33. The Morgan fingerprint density at radius 1 is 1.31 bits per heavy atom. The van der Waals surface area contributed by atoms with Crippen LogP contribution in [0.4, 0.5) is 10.2 Å². The van der Waals surface area contributed by atoms with E-state index in [1.54, 1.807) is 6.07 Å². The van der Waals surface area contributed by atoms with Crippen molar-refractivity contribution in [1.82, 2.24) is 20.2 Å². The van der Waals surface area contributed by atoms with Gasteiger partial charge in [-0.25, -0.2) is 9.18 Å². The second-order valence-corrected chi connectivity index (χ2v) is 8.86. The Labute approximate surface area is 179 Å². The molecule has 0 radical (unpaired) electrons. The van der Waals surface area contributed by atoms with Gasteiger partial charge >= 0.3 is 5.69 Å². The van der Waals surface area contributed by atoms with E-state index in [1.807, 2.05) is 0 Å². The van der Waals surface area contributed by atoms with E-state index in [0.717, 1.165) is 39.0 Å². The van der Waals surface area contributed by atoms with Gasteiger partial charge in [0, 0.05) is 43.8 Å². The van der Waals surface area contributed by atoms with Crippen molar-refractivity contribution in [2.75, 3.05) is 37.6 Å². The van der Waals surface area contributed by atoms with Crippen LogP contribution >= 0.6 is 11.6 Å². The zero-order chi connectivity index (χ0) is 21.4. The molecule has 0 spiro atoms. The first-order chi connectivity index (χ1) is 13.8. The van der Waals surface area contributed by atoms with Crippen molar-refractivity contribution >= 4 is 17.4 Å². The molecule has 6 nitrogen and oxygen atoms in total. The van der Waals surface area contributed by atoms with Crippen molar-refractivity contribution in [1.29, 1.82) is 0 Å². The van der Waals surface area contributed by atoms with Crippen LogP contribution in [0.25, 0.3) is 0 Å². The van der Waals surface area contributed by atoms with Gasteiger partial charge in [0.1, 0.15) is 17.1 Å². The second kappa shape index (κ2) is 11.3. The maximum Gasteiger partial charge on any atom is 0.348 e. The summed E-state index contributed by atoms with van der Waals surface area (Å²) in [7, 11) is 0. The fraction of sp³-hybridized carbons (Fsp3) is 0.810. The minimum Gasteiger partial charge on any atom is -0.354 e. The molecule has 4 rings (SSSR count). The molecule has 3 aliphatic rings. The fourth-order valence-corrected chi connectivity index (χ4v) is 4.47. The summed E-state index contributed by atoms with van der Waals surface area (Å²) >= 11 is 5.80. The van der Waals surface area contributed by atoms with E-state index in [2.05, 4.69) is 52.8 Å². The molecule has 3 saturated heterocycles. The van der Waals surface area contributed by atoms with E-state index >= 15 is 0 Å². The van der Waals surface area contributed by atoms with Crippen LogP contribution in [0.2, 0.25) is 5.15 Å². The van der Waals surface area contributed by atoms with E-state index in [4.69, 9.17) is 11.6 Å². The number of hydrogen-bond acceptors (Lipinski definition) is 5. The van der Waals surface area contributed by atoms with Gasteiger partial charge < -0.3 is 10.2 Å². The van der Waals surface area contributed by atoms with Crippen LogP contribution in [0.5, 0.6) is 0 Å². The Kier molecular flexibility index (Phi) is 9.37. The lowest BCUT2D eigenvalue weighted by atomic mass is 9.97. The van der Waals surface area contributed by atoms with Crippen LogP contribution in [0.3, 0.4) is 0 Å². The van der Waals surface area contributed by atoms with Crippen molar-refractivity contribution in [3.8, 4) is 0 Å². The number of aromatic nitrogens is 2. The molecule has 4 heterocycles. The van der Waals surface area contributed by atoms with Crippen molar-refractivity contribution in [2.24, 2.45) is 0 Å². The number of fused-ring (bicyclic) bond motifs is 1. The van der Waals surface area contributed by atoms with Crippen LogP contribution in [-0.4, -0.2) is 65.3 Å². The van der Waals surface area contributed by atoms with Gasteiger partial charge in [-0.05, 0) is 39.2 Å². The van der Waals surface area contributed by atoms with Gasteiger partial charge in [0.25, 0.3) is 0 Å². The predicted molar refractivity (Wildman–Crippen MR) is 119 cm³/mol. The molecule has 1 aromatic heterocycles. The molecule has 0 bridgehead atoms. The van der Waals surface area contributed by atoms with Gasteiger partial charge in [-0.1, -0.05) is 38.8 Å². The number of halogens is 2. The Balaban J connectivity index is 0.000000196. The van der Waals surface area contributed by atoms with E-state index in [1.165, 1.54) is 19.3 Å². The highest BCUT2D eigenvalue weighted by molar-refractivity contribution is 6.29. The van der Waals surface area contributed by atoms with Crippen molar-refractivity contribution in [3.05, 3.63) is 21.7 Å². The van der Waals surface area contributed by atoms with Crippen molar-refractivity contribution in [3.63, 3.8) is 0 Å². The predicted octanol–water partition coefficient (Wildman–Crippen LogP) is 3.61. The number of nitrogens with one attached hydrogen (secondary N) is 2. The molecule has 29 heavy (non-hydrogen) atoms.